The van der Waals surface area contributed by atoms with Crippen LogP contribution in [0.1, 0.15) is 48.0 Å². The number of halogens is 1. The molecule has 0 amide bonds. The molecule has 0 unspecified atom stereocenters. The van der Waals surface area contributed by atoms with Gasteiger partial charge in [0.25, 0.3) is 5.54 Å². The van der Waals surface area contributed by atoms with Gasteiger partial charge in [-0.05, 0) is 41.5 Å². The lowest BCUT2D eigenvalue weighted by Gasteiger charge is -2.32. The van der Waals surface area contributed by atoms with Crippen molar-refractivity contribution in [2.24, 2.45) is 16.5 Å². The van der Waals surface area contributed by atoms with Crippen LogP contribution < -0.4 is 11.5 Å². The number of aliphatic imine (C=N–C) groups is 1. The van der Waals surface area contributed by atoms with Crippen LogP contribution in [0.3, 0.4) is 0 Å². The molecule has 0 atom stereocenters. The number of ether oxygens (including phenoxy) is 2. The predicted octanol–water partition coefficient (Wildman–Crippen LogP) is 1.47. The topological polar surface area (TPSA) is 117 Å². The number of nitrogens with zero attached hydrogens (tertiary/aromatic N) is 1. The molecular formula is C14H26BrN3O4. The fourth-order valence-corrected chi connectivity index (χ4v) is 2.09. The van der Waals surface area contributed by atoms with Crippen LogP contribution in [0.15, 0.2) is 4.99 Å². The standard InChI is InChI=1S/C14H26BrN3O4/c1-12(2,3)21-9(19)14(7-8-15,18-11(16)17)10(20)22-13(4,5)6/h7-8H2,1-6H3,(H4,16,17,18). The van der Waals surface area contributed by atoms with Crippen molar-refractivity contribution < 1.29 is 19.1 Å². The molecule has 4 N–H and O–H groups in total. The van der Waals surface area contributed by atoms with Gasteiger partial charge < -0.3 is 20.9 Å². The minimum absolute atomic E-state index is 0.00866. The smallest absolute Gasteiger partial charge is 0.346 e. The lowest BCUT2D eigenvalue weighted by atomic mass is 9.96. The van der Waals surface area contributed by atoms with E-state index in [1.807, 2.05) is 0 Å². The van der Waals surface area contributed by atoms with Crippen molar-refractivity contribution in [2.45, 2.75) is 64.7 Å². The van der Waals surface area contributed by atoms with E-state index < -0.39 is 34.6 Å². The highest BCUT2D eigenvalue weighted by Crippen LogP contribution is 2.27. The zero-order valence-corrected chi connectivity index (χ0v) is 15.6. The highest BCUT2D eigenvalue weighted by Gasteiger charge is 2.51. The Hall–Kier alpha value is -1.31. The third-order valence-electron chi connectivity index (χ3n) is 2.25. The van der Waals surface area contributed by atoms with Crippen LogP contribution in [-0.2, 0) is 19.1 Å². The van der Waals surface area contributed by atoms with E-state index in [1.165, 1.54) is 0 Å². The van der Waals surface area contributed by atoms with Crippen molar-refractivity contribution in [1.29, 1.82) is 0 Å². The first-order chi connectivity index (χ1) is 9.73. The highest BCUT2D eigenvalue weighted by molar-refractivity contribution is 9.09. The highest BCUT2D eigenvalue weighted by atomic mass is 79.9. The maximum Gasteiger partial charge on any atom is 0.346 e. The number of hydrogen-bond acceptors (Lipinski definition) is 5. The predicted molar refractivity (Wildman–Crippen MR) is 88.6 cm³/mol. The fourth-order valence-electron chi connectivity index (χ4n) is 1.52. The van der Waals surface area contributed by atoms with Crippen LogP contribution in [0.5, 0.6) is 0 Å². The van der Waals surface area contributed by atoms with Crippen LogP contribution in [0.25, 0.3) is 0 Å². The molecule has 0 aliphatic heterocycles. The number of rotatable bonds is 5. The zero-order chi connectivity index (χ0) is 17.8. The molecule has 0 rings (SSSR count). The van der Waals surface area contributed by atoms with E-state index in [9.17, 15) is 9.59 Å². The summed E-state index contributed by atoms with van der Waals surface area (Å²) in [6, 6.07) is 0. The molecular weight excluding hydrogens is 354 g/mol. The van der Waals surface area contributed by atoms with Crippen molar-refractivity contribution >= 4 is 33.8 Å². The van der Waals surface area contributed by atoms with Gasteiger partial charge in [-0.15, -0.1) is 0 Å². The Balaban J connectivity index is 5.86. The summed E-state index contributed by atoms with van der Waals surface area (Å²) in [6.45, 7) is 10.1. The van der Waals surface area contributed by atoms with Gasteiger partial charge in [0.2, 0.25) is 0 Å². The van der Waals surface area contributed by atoms with E-state index in [0.717, 1.165) is 0 Å². The molecule has 22 heavy (non-hydrogen) atoms. The normalized spacial score (nSPS) is 12.5. The van der Waals surface area contributed by atoms with Gasteiger partial charge in [-0.3, -0.25) is 0 Å². The first kappa shape index (κ1) is 20.7. The Morgan fingerprint density at radius 2 is 1.32 bits per heavy atom. The van der Waals surface area contributed by atoms with Crippen molar-refractivity contribution in [2.75, 3.05) is 5.33 Å². The average Bonchev–Trinajstić information content (AvgIpc) is 2.22. The second-order valence-corrected chi connectivity index (χ2v) is 7.63. The monoisotopic (exact) mass is 379 g/mol. The SMILES string of the molecule is CC(C)(C)OC(=O)C(CCBr)(N=C(N)N)C(=O)OC(C)(C)C. The Morgan fingerprint density at radius 1 is 0.955 bits per heavy atom. The molecule has 8 heteroatoms. The van der Waals surface area contributed by atoms with Crippen molar-refractivity contribution in [3.8, 4) is 0 Å². The summed E-state index contributed by atoms with van der Waals surface area (Å²) in [5, 5.41) is 0.308. The Labute approximate surface area is 139 Å². The van der Waals surface area contributed by atoms with Gasteiger partial charge in [0.1, 0.15) is 11.2 Å². The number of nitrogens with two attached hydrogens (primary N) is 2. The largest absolute Gasteiger partial charge is 0.458 e. The van der Waals surface area contributed by atoms with Gasteiger partial charge in [0, 0.05) is 11.8 Å². The van der Waals surface area contributed by atoms with Crippen LogP contribution in [0, 0.1) is 0 Å². The minimum atomic E-state index is -1.93. The first-order valence-corrected chi connectivity index (χ1v) is 7.99. The van der Waals surface area contributed by atoms with E-state index in [-0.39, 0.29) is 6.42 Å². The second-order valence-electron chi connectivity index (χ2n) is 6.84. The van der Waals surface area contributed by atoms with Crippen molar-refractivity contribution in [3.05, 3.63) is 0 Å². The average molecular weight is 380 g/mol. The number of alkyl halides is 1. The quantitative estimate of drug-likeness (QED) is 0.245. The molecule has 0 aliphatic rings. The molecule has 0 radical (unpaired) electrons. The molecule has 0 aliphatic carbocycles. The molecule has 0 heterocycles. The summed E-state index contributed by atoms with van der Waals surface area (Å²) in [5.41, 5.74) is 7.30. The van der Waals surface area contributed by atoms with Crippen LogP contribution in [-0.4, -0.2) is 40.0 Å². The summed E-state index contributed by atoms with van der Waals surface area (Å²) in [4.78, 5) is 29.0. The molecule has 0 saturated heterocycles. The number of carbonyl (C=O) groups is 2. The maximum absolute atomic E-state index is 12.6. The Bertz CT molecular complexity index is 418. The second kappa shape index (κ2) is 7.30. The number of guanidine groups is 1. The van der Waals surface area contributed by atoms with Gasteiger partial charge in [-0.1, -0.05) is 15.9 Å². The summed E-state index contributed by atoms with van der Waals surface area (Å²) >= 11 is 3.20. The minimum Gasteiger partial charge on any atom is -0.458 e. The lowest BCUT2D eigenvalue weighted by Crippen LogP contribution is -2.53. The summed E-state index contributed by atoms with van der Waals surface area (Å²) in [7, 11) is 0. The summed E-state index contributed by atoms with van der Waals surface area (Å²) < 4.78 is 10.6. The van der Waals surface area contributed by atoms with E-state index in [1.54, 1.807) is 41.5 Å². The van der Waals surface area contributed by atoms with E-state index in [0.29, 0.717) is 5.33 Å². The molecule has 0 aromatic rings. The van der Waals surface area contributed by atoms with E-state index in [4.69, 9.17) is 20.9 Å². The zero-order valence-electron chi connectivity index (χ0n) is 14.0. The third-order valence-corrected chi connectivity index (χ3v) is 2.65. The number of esters is 2. The molecule has 0 spiro atoms. The molecule has 0 saturated carbocycles. The maximum atomic E-state index is 12.6. The van der Waals surface area contributed by atoms with Crippen LogP contribution in [0.4, 0.5) is 0 Å². The lowest BCUT2D eigenvalue weighted by molar-refractivity contribution is -0.176. The van der Waals surface area contributed by atoms with Crippen LogP contribution >= 0.6 is 15.9 Å². The van der Waals surface area contributed by atoms with E-state index in [2.05, 4.69) is 20.9 Å². The number of hydrogen-bond donors (Lipinski definition) is 2. The van der Waals surface area contributed by atoms with Gasteiger partial charge in [-0.25, -0.2) is 14.6 Å². The van der Waals surface area contributed by atoms with Crippen molar-refractivity contribution in [1.82, 2.24) is 0 Å². The molecule has 0 fully saturated rings. The third kappa shape index (κ3) is 6.64. The van der Waals surface area contributed by atoms with Crippen LogP contribution in [0.2, 0.25) is 0 Å². The molecule has 0 aromatic heterocycles. The first-order valence-electron chi connectivity index (χ1n) is 6.87. The van der Waals surface area contributed by atoms with E-state index >= 15 is 0 Å². The van der Waals surface area contributed by atoms with Gasteiger partial charge in [-0.2, -0.15) is 0 Å². The van der Waals surface area contributed by atoms with Gasteiger partial charge >= 0.3 is 11.9 Å². The Kier molecular flexibility index (Phi) is 6.87. The van der Waals surface area contributed by atoms with Gasteiger partial charge in [0.15, 0.2) is 5.96 Å². The fraction of sp³-hybridized carbons (Fsp3) is 0.786. The molecule has 0 aromatic carbocycles. The summed E-state index contributed by atoms with van der Waals surface area (Å²) in [5.74, 6) is -2.08. The molecule has 7 nitrogen and oxygen atoms in total. The number of carbonyl (C=O) groups excluding carboxylic acids is 2. The summed E-state index contributed by atoms with van der Waals surface area (Å²) in [6.07, 6.45) is 0.00866. The van der Waals surface area contributed by atoms with Gasteiger partial charge in [0.05, 0.1) is 0 Å². The molecule has 128 valence electrons. The van der Waals surface area contributed by atoms with Crippen molar-refractivity contribution in [3.63, 3.8) is 0 Å². The Morgan fingerprint density at radius 3 is 1.55 bits per heavy atom. The molecule has 0 bridgehead atoms.